The van der Waals surface area contributed by atoms with E-state index in [1.54, 1.807) is 24.8 Å². The smallest absolute Gasteiger partial charge is 0.337 e. The number of carboxylic acid groups (broad SMARTS) is 1. The standard InChI is InChI=1S/C21H16ClN3O2/c1-13-4-5-16(18(22)7-13)15-8-17(21(26)27)20-19(9-15)24-12-25(20)11-14-3-2-6-23-10-14/h2-10,12H,11H2,1H3,(H,26,27). The monoisotopic (exact) mass is 377 g/mol. The van der Waals surface area contributed by atoms with Crippen LogP contribution in [0.1, 0.15) is 21.5 Å². The Morgan fingerprint density at radius 3 is 2.78 bits per heavy atom. The van der Waals surface area contributed by atoms with Crippen LogP contribution in [0.5, 0.6) is 0 Å². The van der Waals surface area contributed by atoms with Gasteiger partial charge in [-0.3, -0.25) is 4.98 Å². The lowest BCUT2D eigenvalue weighted by Gasteiger charge is -2.10. The quantitative estimate of drug-likeness (QED) is 0.554. The highest BCUT2D eigenvalue weighted by atomic mass is 35.5. The van der Waals surface area contributed by atoms with Gasteiger partial charge in [0.25, 0.3) is 0 Å². The molecule has 4 rings (SSSR count). The second-order valence-electron chi connectivity index (χ2n) is 6.41. The summed E-state index contributed by atoms with van der Waals surface area (Å²) in [6, 6.07) is 13.0. The third-order valence-corrected chi connectivity index (χ3v) is 4.77. The maximum atomic E-state index is 12.0. The molecule has 4 aromatic rings. The van der Waals surface area contributed by atoms with E-state index in [-0.39, 0.29) is 5.56 Å². The van der Waals surface area contributed by atoms with Gasteiger partial charge < -0.3 is 9.67 Å². The van der Waals surface area contributed by atoms with Crippen molar-refractivity contribution >= 4 is 28.6 Å². The molecular weight excluding hydrogens is 362 g/mol. The van der Waals surface area contributed by atoms with Crippen molar-refractivity contribution in [2.75, 3.05) is 0 Å². The second kappa shape index (κ2) is 6.85. The summed E-state index contributed by atoms with van der Waals surface area (Å²) in [7, 11) is 0. The molecule has 0 saturated heterocycles. The summed E-state index contributed by atoms with van der Waals surface area (Å²) in [6.45, 7) is 2.46. The average Bonchev–Trinajstić information content (AvgIpc) is 3.04. The first-order valence-corrected chi connectivity index (χ1v) is 8.78. The van der Waals surface area contributed by atoms with E-state index < -0.39 is 5.97 Å². The highest BCUT2D eigenvalue weighted by Crippen LogP contribution is 2.32. The number of aromatic carboxylic acids is 1. The van der Waals surface area contributed by atoms with Gasteiger partial charge in [-0.05, 0) is 47.9 Å². The Bertz CT molecular complexity index is 1150. The lowest BCUT2D eigenvalue weighted by atomic mass is 10.0. The fourth-order valence-electron chi connectivity index (χ4n) is 3.19. The number of hydrogen-bond donors (Lipinski definition) is 1. The molecule has 1 N–H and O–H groups in total. The minimum Gasteiger partial charge on any atom is -0.478 e. The molecule has 0 aliphatic rings. The number of pyridine rings is 1. The molecule has 0 radical (unpaired) electrons. The van der Waals surface area contributed by atoms with Gasteiger partial charge in [-0.15, -0.1) is 0 Å². The number of carboxylic acids is 1. The third kappa shape index (κ3) is 3.29. The van der Waals surface area contributed by atoms with Gasteiger partial charge >= 0.3 is 5.97 Å². The number of nitrogens with zero attached hydrogens (tertiary/aromatic N) is 3. The molecule has 0 unspecified atom stereocenters. The van der Waals surface area contributed by atoms with Gasteiger partial charge in [0.1, 0.15) is 0 Å². The molecule has 0 saturated carbocycles. The summed E-state index contributed by atoms with van der Waals surface area (Å²) in [4.78, 5) is 20.5. The average molecular weight is 378 g/mol. The van der Waals surface area contributed by atoms with Gasteiger partial charge in [0.2, 0.25) is 0 Å². The Balaban J connectivity index is 1.88. The van der Waals surface area contributed by atoms with E-state index in [1.165, 1.54) is 0 Å². The fraction of sp³-hybridized carbons (Fsp3) is 0.0952. The lowest BCUT2D eigenvalue weighted by molar-refractivity contribution is 0.0698. The zero-order chi connectivity index (χ0) is 19.0. The van der Waals surface area contributed by atoms with Crippen molar-refractivity contribution in [3.63, 3.8) is 0 Å². The summed E-state index contributed by atoms with van der Waals surface area (Å²) in [5, 5.41) is 10.4. The molecule has 2 heterocycles. The Morgan fingerprint density at radius 2 is 2.07 bits per heavy atom. The minimum atomic E-state index is -1.00. The molecule has 6 heteroatoms. The molecule has 134 valence electrons. The number of carbonyl (C=O) groups is 1. The Morgan fingerprint density at radius 1 is 1.22 bits per heavy atom. The number of aryl methyl sites for hydroxylation is 1. The van der Waals surface area contributed by atoms with Crippen LogP contribution in [0.3, 0.4) is 0 Å². The Hall–Kier alpha value is -3.18. The van der Waals surface area contributed by atoms with E-state index in [4.69, 9.17) is 11.6 Å². The van der Waals surface area contributed by atoms with Crippen LogP contribution in [-0.4, -0.2) is 25.6 Å². The van der Waals surface area contributed by atoms with Crippen molar-refractivity contribution in [3.05, 3.63) is 82.9 Å². The van der Waals surface area contributed by atoms with Crippen LogP contribution in [0.2, 0.25) is 5.02 Å². The molecule has 0 aliphatic carbocycles. The number of fused-ring (bicyclic) bond motifs is 1. The number of benzene rings is 2. The lowest BCUT2D eigenvalue weighted by Crippen LogP contribution is -2.05. The van der Waals surface area contributed by atoms with E-state index in [1.807, 2.05) is 47.9 Å². The highest BCUT2D eigenvalue weighted by molar-refractivity contribution is 6.33. The van der Waals surface area contributed by atoms with Crippen LogP contribution in [-0.2, 0) is 6.54 Å². The first-order valence-electron chi connectivity index (χ1n) is 8.40. The molecule has 0 bridgehead atoms. The number of halogens is 1. The van der Waals surface area contributed by atoms with E-state index in [0.29, 0.717) is 22.6 Å². The molecule has 0 amide bonds. The van der Waals surface area contributed by atoms with Crippen LogP contribution in [0, 0.1) is 6.92 Å². The first kappa shape index (κ1) is 17.2. The van der Waals surface area contributed by atoms with Crippen molar-refractivity contribution < 1.29 is 9.90 Å². The van der Waals surface area contributed by atoms with Gasteiger partial charge in [-0.1, -0.05) is 29.8 Å². The maximum absolute atomic E-state index is 12.0. The Kier molecular flexibility index (Phi) is 4.38. The molecule has 5 nitrogen and oxygen atoms in total. The molecule has 27 heavy (non-hydrogen) atoms. The van der Waals surface area contributed by atoms with Crippen molar-refractivity contribution in [1.82, 2.24) is 14.5 Å². The van der Waals surface area contributed by atoms with E-state index >= 15 is 0 Å². The largest absolute Gasteiger partial charge is 0.478 e. The van der Waals surface area contributed by atoms with Gasteiger partial charge in [-0.25, -0.2) is 9.78 Å². The number of rotatable bonds is 4. The van der Waals surface area contributed by atoms with Crippen LogP contribution in [0.4, 0.5) is 0 Å². The molecule has 2 aromatic carbocycles. The predicted octanol–water partition coefficient (Wildman–Crippen LogP) is 4.81. The van der Waals surface area contributed by atoms with Gasteiger partial charge in [0, 0.05) is 23.0 Å². The van der Waals surface area contributed by atoms with E-state index in [9.17, 15) is 9.90 Å². The molecule has 0 spiro atoms. The molecular formula is C21H16ClN3O2. The summed E-state index contributed by atoms with van der Waals surface area (Å²) >= 11 is 6.38. The van der Waals surface area contributed by atoms with Crippen LogP contribution < -0.4 is 0 Å². The fourth-order valence-corrected chi connectivity index (χ4v) is 3.53. The summed E-state index contributed by atoms with van der Waals surface area (Å²) in [6.07, 6.45) is 5.12. The summed E-state index contributed by atoms with van der Waals surface area (Å²) < 4.78 is 1.83. The maximum Gasteiger partial charge on any atom is 0.337 e. The first-order chi connectivity index (χ1) is 13.0. The van der Waals surface area contributed by atoms with Gasteiger partial charge in [-0.2, -0.15) is 0 Å². The van der Waals surface area contributed by atoms with Crippen LogP contribution in [0.15, 0.2) is 61.2 Å². The number of aromatic nitrogens is 3. The summed E-state index contributed by atoms with van der Waals surface area (Å²) in [5.74, 6) is -1.00. The van der Waals surface area contributed by atoms with Crippen LogP contribution >= 0.6 is 11.6 Å². The molecule has 0 atom stereocenters. The van der Waals surface area contributed by atoms with Crippen molar-refractivity contribution in [1.29, 1.82) is 0 Å². The third-order valence-electron chi connectivity index (χ3n) is 4.45. The normalized spacial score (nSPS) is 11.0. The number of hydrogen-bond acceptors (Lipinski definition) is 3. The molecule has 0 fully saturated rings. The van der Waals surface area contributed by atoms with E-state index in [2.05, 4.69) is 9.97 Å². The minimum absolute atomic E-state index is 0.195. The summed E-state index contributed by atoms with van der Waals surface area (Å²) in [5.41, 5.74) is 4.93. The SMILES string of the molecule is Cc1ccc(-c2cc(C(=O)O)c3c(c2)ncn3Cc2cccnc2)c(Cl)c1. The topological polar surface area (TPSA) is 68.0 Å². The van der Waals surface area contributed by atoms with Crippen molar-refractivity contribution in [2.45, 2.75) is 13.5 Å². The highest BCUT2D eigenvalue weighted by Gasteiger charge is 2.17. The van der Waals surface area contributed by atoms with Gasteiger partial charge in [0.15, 0.2) is 0 Å². The zero-order valence-corrected chi connectivity index (χ0v) is 15.3. The second-order valence-corrected chi connectivity index (χ2v) is 6.82. The number of imidazole rings is 1. The molecule has 2 aromatic heterocycles. The van der Waals surface area contributed by atoms with Crippen molar-refractivity contribution in [3.8, 4) is 11.1 Å². The molecule has 0 aliphatic heterocycles. The van der Waals surface area contributed by atoms with E-state index in [0.717, 1.165) is 22.3 Å². The van der Waals surface area contributed by atoms with Crippen LogP contribution in [0.25, 0.3) is 22.2 Å². The zero-order valence-electron chi connectivity index (χ0n) is 14.6. The Labute approximate surface area is 160 Å². The van der Waals surface area contributed by atoms with Gasteiger partial charge in [0.05, 0.1) is 29.5 Å². The predicted molar refractivity (Wildman–Crippen MR) is 105 cm³/mol. The van der Waals surface area contributed by atoms with Crippen molar-refractivity contribution in [2.24, 2.45) is 0 Å².